The molecule has 4 heteroatoms. The van der Waals surface area contributed by atoms with E-state index in [1.807, 2.05) is 6.07 Å². The van der Waals surface area contributed by atoms with Gasteiger partial charge in [-0.25, -0.2) is 14.4 Å². The number of benzene rings is 1. The molecule has 2 heterocycles. The lowest BCUT2D eigenvalue weighted by Gasteiger charge is -2.18. The first-order valence-corrected chi connectivity index (χ1v) is 6.05. The molecule has 0 saturated carbocycles. The van der Waals surface area contributed by atoms with Crippen LogP contribution in [-0.4, -0.2) is 16.5 Å². The Kier molecular flexibility index (Phi) is 2.80. The maximum atomic E-state index is 13.6. The zero-order valence-corrected chi connectivity index (χ0v) is 10.2. The smallest absolute Gasteiger partial charge is 0.126 e. The molecule has 0 bridgehead atoms. The first-order valence-electron chi connectivity index (χ1n) is 6.05. The van der Waals surface area contributed by atoms with E-state index in [4.69, 9.17) is 0 Å². The fourth-order valence-electron chi connectivity index (χ4n) is 2.26. The Morgan fingerprint density at radius 2 is 2.17 bits per heavy atom. The number of rotatable bonds is 1. The fourth-order valence-corrected chi connectivity index (χ4v) is 2.26. The van der Waals surface area contributed by atoms with E-state index in [1.165, 1.54) is 0 Å². The van der Waals surface area contributed by atoms with Crippen molar-refractivity contribution in [1.29, 1.82) is 0 Å². The number of aryl methyl sites for hydroxylation is 1. The van der Waals surface area contributed by atoms with Crippen LogP contribution < -0.4 is 5.32 Å². The van der Waals surface area contributed by atoms with Crippen LogP contribution in [-0.2, 0) is 13.0 Å². The van der Waals surface area contributed by atoms with Gasteiger partial charge in [-0.2, -0.15) is 0 Å². The van der Waals surface area contributed by atoms with E-state index in [2.05, 4.69) is 15.3 Å². The van der Waals surface area contributed by atoms with Crippen molar-refractivity contribution in [3.05, 3.63) is 47.2 Å². The van der Waals surface area contributed by atoms with Crippen LogP contribution in [0.15, 0.2) is 24.5 Å². The molecule has 0 atom stereocenters. The fraction of sp³-hybridized carbons (Fsp3) is 0.286. The van der Waals surface area contributed by atoms with Gasteiger partial charge in [0.25, 0.3) is 0 Å². The molecule has 1 aromatic carbocycles. The summed E-state index contributed by atoms with van der Waals surface area (Å²) < 4.78 is 13.6. The van der Waals surface area contributed by atoms with Crippen LogP contribution in [0.4, 0.5) is 4.39 Å². The van der Waals surface area contributed by atoms with Crippen molar-refractivity contribution < 1.29 is 4.39 Å². The van der Waals surface area contributed by atoms with E-state index in [0.717, 1.165) is 42.0 Å². The maximum absolute atomic E-state index is 13.6. The summed E-state index contributed by atoms with van der Waals surface area (Å²) in [4.78, 5) is 8.62. The molecule has 0 spiro atoms. The Balaban J connectivity index is 2.13. The molecule has 3 rings (SSSR count). The monoisotopic (exact) mass is 243 g/mol. The topological polar surface area (TPSA) is 37.8 Å². The number of fused-ring (bicyclic) bond motifs is 1. The summed E-state index contributed by atoms with van der Waals surface area (Å²) in [6, 6.07) is 5.25. The lowest BCUT2D eigenvalue weighted by molar-refractivity contribution is 0.617. The van der Waals surface area contributed by atoms with E-state index in [1.54, 1.807) is 25.4 Å². The summed E-state index contributed by atoms with van der Waals surface area (Å²) in [6.45, 7) is 3.45. The molecular weight excluding hydrogens is 229 g/mol. The molecule has 92 valence electrons. The average molecular weight is 243 g/mol. The highest BCUT2D eigenvalue weighted by molar-refractivity contribution is 5.64. The zero-order chi connectivity index (χ0) is 12.5. The van der Waals surface area contributed by atoms with Crippen LogP contribution in [0.1, 0.15) is 16.8 Å². The minimum atomic E-state index is -0.191. The van der Waals surface area contributed by atoms with Crippen molar-refractivity contribution >= 4 is 0 Å². The zero-order valence-electron chi connectivity index (χ0n) is 10.2. The van der Waals surface area contributed by atoms with Crippen LogP contribution >= 0.6 is 0 Å². The Morgan fingerprint density at radius 3 is 3.00 bits per heavy atom. The predicted molar refractivity (Wildman–Crippen MR) is 67.6 cm³/mol. The lowest BCUT2D eigenvalue weighted by atomic mass is 10.00. The summed E-state index contributed by atoms with van der Waals surface area (Å²) in [5.41, 5.74) is 4.47. The molecule has 0 amide bonds. The van der Waals surface area contributed by atoms with E-state index < -0.39 is 0 Å². The molecule has 1 aromatic heterocycles. The summed E-state index contributed by atoms with van der Waals surface area (Å²) in [5, 5.41) is 3.30. The lowest BCUT2D eigenvalue weighted by Crippen LogP contribution is -2.25. The molecule has 2 aromatic rings. The highest BCUT2D eigenvalue weighted by Gasteiger charge is 2.16. The number of hydrogen-bond donors (Lipinski definition) is 1. The van der Waals surface area contributed by atoms with E-state index >= 15 is 0 Å². The van der Waals surface area contributed by atoms with Crippen molar-refractivity contribution in [2.75, 3.05) is 6.54 Å². The standard InChI is InChI=1S/C14H14FN3/c1-9-2-3-10(6-12(9)15)14-11-7-16-5-4-13(11)17-8-18-14/h2-3,6,8,16H,4-5,7H2,1H3. The van der Waals surface area contributed by atoms with Crippen molar-refractivity contribution in [3.63, 3.8) is 0 Å². The first kappa shape index (κ1) is 11.3. The van der Waals surface area contributed by atoms with Gasteiger partial charge in [0.1, 0.15) is 12.1 Å². The minimum Gasteiger partial charge on any atom is -0.312 e. The van der Waals surface area contributed by atoms with Gasteiger partial charge >= 0.3 is 0 Å². The van der Waals surface area contributed by atoms with Gasteiger partial charge in [0, 0.05) is 30.6 Å². The number of nitrogens with zero attached hydrogens (tertiary/aromatic N) is 2. The van der Waals surface area contributed by atoms with Gasteiger partial charge in [0.15, 0.2) is 0 Å². The Bertz CT molecular complexity index is 596. The minimum absolute atomic E-state index is 0.191. The van der Waals surface area contributed by atoms with Crippen LogP contribution in [0.3, 0.4) is 0 Å². The number of nitrogens with one attached hydrogen (secondary N) is 1. The molecule has 0 unspecified atom stereocenters. The number of aromatic nitrogens is 2. The van der Waals surface area contributed by atoms with Crippen LogP contribution in [0.5, 0.6) is 0 Å². The molecule has 1 N–H and O–H groups in total. The molecular formula is C14H14FN3. The Labute approximate surface area is 105 Å². The van der Waals surface area contributed by atoms with Gasteiger partial charge < -0.3 is 5.32 Å². The molecule has 0 fully saturated rings. The third-order valence-corrected chi connectivity index (χ3v) is 3.32. The summed E-state index contributed by atoms with van der Waals surface area (Å²) in [6.07, 6.45) is 2.47. The quantitative estimate of drug-likeness (QED) is 0.834. The highest BCUT2D eigenvalue weighted by atomic mass is 19.1. The van der Waals surface area contributed by atoms with E-state index in [9.17, 15) is 4.39 Å². The van der Waals surface area contributed by atoms with Gasteiger partial charge in [0.2, 0.25) is 0 Å². The molecule has 0 saturated heterocycles. The van der Waals surface area contributed by atoms with Crippen molar-refractivity contribution in [2.24, 2.45) is 0 Å². The molecule has 0 aliphatic carbocycles. The van der Waals surface area contributed by atoms with E-state index in [0.29, 0.717) is 5.56 Å². The summed E-state index contributed by atoms with van der Waals surface area (Å²) in [7, 11) is 0. The van der Waals surface area contributed by atoms with Gasteiger partial charge in [0.05, 0.1) is 11.4 Å². The first-order chi connectivity index (χ1) is 8.75. The number of hydrogen-bond acceptors (Lipinski definition) is 3. The summed E-state index contributed by atoms with van der Waals surface area (Å²) in [5.74, 6) is -0.191. The van der Waals surface area contributed by atoms with E-state index in [-0.39, 0.29) is 5.82 Å². The van der Waals surface area contributed by atoms with Gasteiger partial charge in [-0.05, 0) is 18.6 Å². The van der Waals surface area contributed by atoms with Gasteiger partial charge in [-0.15, -0.1) is 0 Å². The van der Waals surface area contributed by atoms with Crippen LogP contribution in [0, 0.1) is 12.7 Å². The second-order valence-corrected chi connectivity index (χ2v) is 4.54. The van der Waals surface area contributed by atoms with Crippen molar-refractivity contribution in [1.82, 2.24) is 15.3 Å². The SMILES string of the molecule is Cc1ccc(-c2ncnc3c2CNCC3)cc1F. The van der Waals surface area contributed by atoms with Crippen molar-refractivity contribution in [3.8, 4) is 11.3 Å². The maximum Gasteiger partial charge on any atom is 0.126 e. The molecule has 0 radical (unpaired) electrons. The Hall–Kier alpha value is -1.81. The van der Waals surface area contributed by atoms with Gasteiger partial charge in [-0.1, -0.05) is 12.1 Å². The van der Waals surface area contributed by atoms with Crippen LogP contribution in [0.25, 0.3) is 11.3 Å². The number of halogens is 1. The summed E-state index contributed by atoms with van der Waals surface area (Å²) >= 11 is 0. The Morgan fingerprint density at radius 1 is 1.28 bits per heavy atom. The highest BCUT2D eigenvalue weighted by Crippen LogP contribution is 2.26. The average Bonchev–Trinajstić information content (AvgIpc) is 2.41. The second kappa shape index (κ2) is 4.46. The molecule has 1 aliphatic rings. The molecule has 1 aliphatic heterocycles. The molecule has 3 nitrogen and oxygen atoms in total. The third kappa shape index (κ3) is 1.88. The van der Waals surface area contributed by atoms with Crippen LogP contribution in [0.2, 0.25) is 0 Å². The van der Waals surface area contributed by atoms with Crippen molar-refractivity contribution in [2.45, 2.75) is 19.9 Å². The molecule has 18 heavy (non-hydrogen) atoms. The third-order valence-electron chi connectivity index (χ3n) is 3.32. The van der Waals surface area contributed by atoms with Gasteiger partial charge in [-0.3, -0.25) is 0 Å². The normalized spacial score (nSPS) is 14.3. The second-order valence-electron chi connectivity index (χ2n) is 4.54. The predicted octanol–water partition coefficient (Wildman–Crippen LogP) is 2.24. The largest absolute Gasteiger partial charge is 0.312 e.